The van der Waals surface area contributed by atoms with Crippen LogP contribution in [0.3, 0.4) is 0 Å². The zero-order valence-corrected chi connectivity index (χ0v) is 13.7. The molecule has 0 saturated heterocycles. The number of hydrogen-bond acceptors (Lipinski definition) is 2. The standard InChI is InChI=1S/C19H32O2/c1-18-9-7-13(20)11-12(18)3-4-14-15-5-6-17(21)19(15,2)10-8-16(14)18/h12-17,20-21H,3-11H2,1-2H3/t12-,13+,14-,15-,16-,17-,18-,19+/m1/s1. The van der Waals surface area contributed by atoms with E-state index in [2.05, 4.69) is 13.8 Å². The first-order valence-electron chi connectivity index (χ1n) is 9.31. The van der Waals surface area contributed by atoms with Gasteiger partial charge >= 0.3 is 0 Å². The van der Waals surface area contributed by atoms with Crippen LogP contribution in [0.25, 0.3) is 0 Å². The van der Waals surface area contributed by atoms with Crippen LogP contribution < -0.4 is 0 Å². The van der Waals surface area contributed by atoms with Crippen molar-refractivity contribution in [1.29, 1.82) is 0 Å². The van der Waals surface area contributed by atoms with Gasteiger partial charge in [-0.25, -0.2) is 0 Å². The average molecular weight is 292 g/mol. The molecule has 2 heteroatoms. The molecule has 2 nitrogen and oxygen atoms in total. The van der Waals surface area contributed by atoms with Crippen molar-refractivity contribution in [3.05, 3.63) is 0 Å². The molecule has 4 aliphatic carbocycles. The van der Waals surface area contributed by atoms with Crippen molar-refractivity contribution in [2.45, 2.75) is 83.8 Å². The van der Waals surface area contributed by atoms with Gasteiger partial charge in [0.2, 0.25) is 0 Å². The van der Waals surface area contributed by atoms with E-state index in [0.717, 1.165) is 42.9 Å². The number of aliphatic hydroxyl groups is 2. The quantitative estimate of drug-likeness (QED) is 0.714. The van der Waals surface area contributed by atoms with Crippen LogP contribution in [-0.4, -0.2) is 22.4 Å². The van der Waals surface area contributed by atoms with Crippen LogP contribution >= 0.6 is 0 Å². The Morgan fingerprint density at radius 2 is 1.48 bits per heavy atom. The maximum absolute atomic E-state index is 10.5. The SMILES string of the molecule is C[C@@]12CC[C@H](O)C[C@H]1CC[C@H]1[C@H]2CC[C@]2(C)[C@H](O)CC[C@H]12. The van der Waals surface area contributed by atoms with Crippen LogP contribution in [0.4, 0.5) is 0 Å². The van der Waals surface area contributed by atoms with Gasteiger partial charge in [-0.3, -0.25) is 0 Å². The van der Waals surface area contributed by atoms with Crippen molar-refractivity contribution < 1.29 is 10.2 Å². The minimum Gasteiger partial charge on any atom is -0.393 e. The Morgan fingerprint density at radius 1 is 0.762 bits per heavy atom. The number of fused-ring (bicyclic) bond motifs is 5. The fraction of sp³-hybridized carbons (Fsp3) is 1.00. The van der Waals surface area contributed by atoms with Gasteiger partial charge in [-0.15, -0.1) is 0 Å². The minimum atomic E-state index is -0.0536. The van der Waals surface area contributed by atoms with Crippen LogP contribution in [0.1, 0.15) is 71.6 Å². The van der Waals surface area contributed by atoms with E-state index in [0.29, 0.717) is 5.41 Å². The molecular formula is C19H32O2. The van der Waals surface area contributed by atoms with Gasteiger partial charge in [-0.2, -0.15) is 0 Å². The molecule has 0 aromatic heterocycles. The highest BCUT2D eigenvalue weighted by Crippen LogP contribution is 2.66. The van der Waals surface area contributed by atoms with Crippen LogP contribution in [-0.2, 0) is 0 Å². The Bertz CT molecular complexity index is 422. The van der Waals surface area contributed by atoms with E-state index in [4.69, 9.17) is 0 Å². The lowest BCUT2D eigenvalue weighted by molar-refractivity contribution is -0.133. The molecule has 4 aliphatic rings. The second kappa shape index (κ2) is 4.71. The third kappa shape index (κ3) is 1.91. The highest BCUT2D eigenvalue weighted by atomic mass is 16.3. The largest absolute Gasteiger partial charge is 0.393 e. The van der Waals surface area contributed by atoms with Gasteiger partial charge in [0.15, 0.2) is 0 Å². The van der Waals surface area contributed by atoms with Gasteiger partial charge in [0.05, 0.1) is 12.2 Å². The summed E-state index contributed by atoms with van der Waals surface area (Å²) in [4.78, 5) is 0. The van der Waals surface area contributed by atoms with Crippen molar-refractivity contribution in [3.8, 4) is 0 Å². The predicted octanol–water partition coefficient (Wildman–Crippen LogP) is 3.75. The normalized spacial score (nSPS) is 60.0. The molecule has 2 N–H and O–H groups in total. The fourth-order valence-electron chi connectivity index (χ4n) is 7.21. The van der Waals surface area contributed by atoms with Gasteiger partial charge in [-0.05, 0) is 92.3 Å². The average Bonchev–Trinajstić information content (AvgIpc) is 2.76. The van der Waals surface area contributed by atoms with Crippen LogP contribution in [0, 0.1) is 34.5 Å². The first-order valence-corrected chi connectivity index (χ1v) is 9.31. The monoisotopic (exact) mass is 292 g/mol. The number of hydrogen-bond donors (Lipinski definition) is 2. The molecule has 4 fully saturated rings. The summed E-state index contributed by atoms with van der Waals surface area (Å²) >= 11 is 0. The summed E-state index contributed by atoms with van der Waals surface area (Å²) < 4.78 is 0. The Labute approximate surface area is 129 Å². The summed E-state index contributed by atoms with van der Waals surface area (Å²) in [5, 5.41) is 20.5. The maximum Gasteiger partial charge on any atom is 0.0596 e. The van der Waals surface area contributed by atoms with E-state index in [1.54, 1.807) is 0 Å². The molecule has 4 saturated carbocycles. The highest BCUT2D eigenvalue weighted by molar-refractivity contribution is 5.09. The van der Waals surface area contributed by atoms with Crippen molar-refractivity contribution >= 4 is 0 Å². The molecule has 0 unspecified atom stereocenters. The van der Waals surface area contributed by atoms with Gasteiger partial charge in [-0.1, -0.05) is 13.8 Å². The Kier molecular flexibility index (Phi) is 3.25. The van der Waals surface area contributed by atoms with Gasteiger partial charge < -0.3 is 10.2 Å². The second-order valence-corrected chi connectivity index (χ2v) is 9.22. The fourth-order valence-corrected chi connectivity index (χ4v) is 7.21. The molecule has 0 aromatic carbocycles. The lowest BCUT2D eigenvalue weighted by Gasteiger charge is -2.60. The molecule has 0 spiro atoms. The highest BCUT2D eigenvalue weighted by Gasteiger charge is 2.59. The van der Waals surface area contributed by atoms with E-state index in [9.17, 15) is 10.2 Å². The smallest absolute Gasteiger partial charge is 0.0596 e. The summed E-state index contributed by atoms with van der Waals surface area (Å²) in [5.74, 6) is 3.21. The lowest BCUT2D eigenvalue weighted by Crippen LogP contribution is -2.54. The van der Waals surface area contributed by atoms with E-state index < -0.39 is 0 Å². The first-order chi connectivity index (χ1) is 9.95. The molecule has 21 heavy (non-hydrogen) atoms. The van der Waals surface area contributed by atoms with Crippen molar-refractivity contribution in [3.63, 3.8) is 0 Å². The summed E-state index contributed by atoms with van der Waals surface area (Å²) in [6.07, 6.45) is 10.7. The summed E-state index contributed by atoms with van der Waals surface area (Å²) in [6.45, 7) is 4.90. The lowest BCUT2D eigenvalue weighted by atomic mass is 9.45. The number of aliphatic hydroxyl groups excluding tert-OH is 2. The van der Waals surface area contributed by atoms with Crippen LogP contribution in [0.5, 0.6) is 0 Å². The molecule has 0 radical (unpaired) electrons. The summed E-state index contributed by atoms with van der Waals surface area (Å²) in [7, 11) is 0. The van der Waals surface area contributed by atoms with E-state index in [1.165, 1.54) is 38.5 Å². The number of rotatable bonds is 0. The Morgan fingerprint density at radius 3 is 2.29 bits per heavy atom. The minimum absolute atomic E-state index is 0.0400. The molecule has 8 atom stereocenters. The molecule has 0 heterocycles. The van der Waals surface area contributed by atoms with Crippen molar-refractivity contribution in [2.24, 2.45) is 34.5 Å². The summed E-state index contributed by atoms with van der Waals surface area (Å²) in [5.41, 5.74) is 0.676. The Hall–Kier alpha value is -0.0800. The maximum atomic E-state index is 10.5. The van der Waals surface area contributed by atoms with E-state index in [1.807, 2.05) is 0 Å². The van der Waals surface area contributed by atoms with Crippen molar-refractivity contribution in [2.75, 3.05) is 0 Å². The molecule has 0 aliphatic heterocycles. The van der Waals surface area contributed by atoms with Gasteiger partial charge in [0, 0.05) is 0 Å². The van der Waals surface area contributed by atoms with Gasteiger partial charge in [0.25, 0.3) is 0 Å². The third-order valence-corrected chi connectivity index (χ3v) is 8.59. The Balaban J connectivity index is 1.62. The van der Waals surface area contributed by atoms with Gasteiger partial charge in [0.1, 0.15) is 0 Å². The topological polar surface area (TPSA) is 40.5 Å². The van der Waals surface area contributed by atoms with Crippen molar-refractivity contribution in [1.82, 2.24) is 0 Å². The van der Waals surface area contributed by atoms with Crippen LogP contribution in [0.15, 0.2) is 0 Å². The molecular weight excluding hydrogens is 260 g/mol. The second-order valence-electron chi connectivity index (χ2n) is 9.22. The zero-order valence-electron chi connectivity index (χ0n) is 13.7. The molecule has 0 aromatic rings. The third-order valence-electron chi connectivity index (χ3n) is 8.59. The van der Waals surface area contributed by atoms with Crippen LogP contribution in [0.2, 0.25) is 0 Å². The molecule has 0 bridgehead atoms. The zero-order chi connectivity index (χ0) is 14.8. The molecule has 120 valence electrons. The first kappa shape index (κ1) is 14.5. The van der Waals surface area contributed by atoms with E-state index >= 15 is 0 Å². The molecule has 4 rings (SSSR count). The van der Waals surface area contributed by atoms with E-state index in [-0.39, 0.29) is 17.6 Å². The predicted molar refractivity (Wildman–Crippen MR) is 83.7 cm³/mol. The summed E-state index contributed by atoms with van der Waals surface area (Å²) in [6, 6.07) is 0. The molecule has 0 amide bonds.